The van der Waals surface area contributed by atoms with E-state index >= 15 is 0 Å². The van der Waals surface area contributed by atoms with Gasteiger partial charge in [-0.3, -0.25) is 0 Å². The number of benzene rings is 1. The molecule has 0 aliphatic carbocycles. The Morgan fingerprint density at radius 2 is 2.00 bits per heavy atom. The minimum atomic E-state index is 0.0856. The van der Waals surface area contributed by atoms with Crippen LogP contribution in [0.4, 0.5) is 5.82 Å². The number of hydrogen-bond acceptors (Lipinski definition) is 2. The zero-order valence-corrected chi connectivity index (χ0v) is 12.8. The highest BCUT2D eigenvalue weighted by atomic mass is 15.4. The standard InChI is InChI=1S/C17H23N3/c1-12-7-5-6-8-13(12)14-9-10-18-16-11-15(17(2,3)4)19-20(14)16/h5-8,11,14,18H,9-10H2,1-4H3. The fraction of sp³-hybridized carbons (Fsp3) is 0.471. The van der Waals surface area contributed by atoms with Gasteiger partial charge in [0.25, 0.3) is 0 Å². The first kappa shape index (κ1) is 13.2. The molecule has 1 aromatic heterocycles. The van der Waals surface area contributed by atoms with Gasteiger partial charge in [0.1, 0.15) is 5.82 Å². The Labute approximate surface area is 121 Å². The molecule has 1 unspecified atom stereocenters. The second-order valence-corrected chi connectivity index (χ2v) is 6.70. The SMILES string of the molecule is Cc1ccccc1C1CCNc2cc(C(C)(C)C)nn21. The quantitative estimate of drug-likeness (QED) is 0.851. The summed E-state index contributed by atoms with van der Waals surface area (Å²) in [5, 5.41) is 8.35. The Bertz CT molecular complexity index is 619. The van der Waals surface area contributed by atoms with E-state index in [4.69, 9.17) is 5.10 Å². The maximum atomic E-state index is 4.88. The van der Waals surface area contributed by atoms with Gasteiger partial charge < -0.3 is 5.32 Å². The average Bonchev–Trinajstić information content (AvgIpc) is 2.83. The van der Waals surface area contributed by atoms with Gasteiger partial charge in [0.15, 0.2) is 0 Å². The average molecular weight is 269 g/mol. The van der Waals surface area contributed by atoms with Gasteiger partial charge >= 0.3 is 0 Å². The largest absolute Gasteiger partial charge is 0.370 e. The number of aromatic nitrogens is 2. The zero-order chi connectivity index (χ0) is 14.3. The molecule has 20 heavy (non-hydrogen) atoms. The van der Waals surface area contributed by atoms with Gasteiger partial charge in [-0.15, -0.1) is 0 Å². The number of aryl methyl sites for hydroxylation is 1. The van der Waals surface area contributed by atoms with E-state index in [1.54, 1.807) is 0 Å². The molecule has 2 aromatic rings. The summed E-state index contributed by atoms with van der Waals surface area (Å²) < 4.78 is 2.17. The van der Waals surface area contributed by atoms with Crippen LogP contribution < -0.4 is 5.32 Å². The summed E-state index contributed by atoms with van der Waals surface area (Å²) in [7, 11) is 0. The van der Waals surface area contributed by atoms with Crippen LogP contribution in [0.1, 0.15) is 50.1 Å². The summed E-state index contributed by atoms with van der Waals surface area (Å²) in [6.07, 6.45) is 1.09. The van der Waals surface area contributed by atoms with Crippen LogP contribution in [0.3, 0.4) is 0 Å². The number of nitrogens with zero attached hydrogens (tertiary/aromatic N) is 2. The van der Waals surface area contributed by atoms with E-state index in [2.05, 4.69) is 68.0 Å². The second kappa shape index (κ2) is 4.65. The summed E-state index contributed by atoms with van der Waals surface area (Å²) >= 11 is 0. The lowest BCUT2D eigenvalue weighted by Crippen LogP contribution is -2.25. The van der Waals surface area contributed by atoms with Crippen molar-refractivity contribution in [1.29, 1.82) is 0 Å². The number of anilines is 1. The van der Waals surface area contributed by atoms with Crippen LogP contribution in [0.5, 0.6) is 0 Å². The molecule has 0 fully saturated rings. The lowest BCUT2D eigenvalue weighted by atomic mass is 9.92. The molecule has 3 nitrogen and oxygen atoms in total. The van der Waals surface area contributed by atoms with Crippen LogP contribution in [0.2, 0.25) is 0 Å². The molecule has 3 rings (SSSR count). The molecule has 0 radical (unpaired) electrons. The van der Waals surface area contributed by atoms with Gasteiger partial charge in [0.2, 0.25) is 0 Å². The van der Waals surface area contributed by atoms with Crippen molar-refractivity contribution in [2.45, 2.75) is 45.6 Å². The maximum absolute atomic E-state index is 4.88. The highest BCUT2D eigenvalue weighted by Crippen LogP contribution is 2.34. The zero-order valence-electron chi connectivity index (χ0n) is 12.8. The van der Waals surface area contributed by atoms with Crippen LogP contribution in [0.25, 0.3) is 0 Å². The Morgan fingerprint density at radius 1 is 1.25 bits per heavy atom. The number of rotatable bonds is 1. The fourth-order valence-corrected chi connectivity index (χ4v) is 2.84. The van der Waals surface area contributed by atoms with Crippen LogP contribution in [-0.2, 0) is 5.41 Å². The first-order chi connectivity index (χ1) is 9.47. The Kier molecular flexibility index (Phi) is 3.08. The molecule has 0 amide bonds. The third-order valence-corrected chi connectivity index (χ3v) is 4.07. The van der Waals surface area contributed by atoms with E-state index in [1.165, 1.54) is 11.1 Å². The van der Waals surface area contributed by atoms with Crippen molar-refractivity contribution in [3.8, 4) is 0 Å². The Balaban J connectivity index is 2.06. The second-order valence-electron chi connectivity index (χ2n) is 6.70. The summed E-state index contributed by atoms with van der Waals surface area (Å²) in [5.41, 5.74) is 3.97. The first-order valence-electron chi connectivity index (χ1n) is 7.36. The Hall–Kier alpha value is -1.77. The number of nitrogens with one attached hydrogen (secondary N) is 1. The van der Waals surface area contributed by atoms with Gasteiger partial charge in [0.05, 0.1) is 11.7 Å². The smallest absolute Gasteiger partial charge is 0.125 e. The van der Waals surface area contributed by atoms with E-state index in [0.29, 0.717) is 6.04 Å². The monoisotopic (exact) mass is 269 g/mol. The number of hydrogen-bond donors (Lipinski definition) is 1. The highest BCUT2D eigenvalue weighted by molar-refractivity contribution is 5.43. The molecular weight excluding hydrogens is 246 g/mol. The molecule has 0 bridgehead atoms. The van der Waals surface area contributed by atoms with Crippen molar-refractivity contribution in [1.82, 2.24) is 9.78 Å². The number of fused-ring (bicyclic) bond motifs is 1. The van der Waals surface area contributed by atoms with Gasteiger partial charge in [0, 0.05) is 18.0 Å². The van der Waals surface area contributed by atoms with Gasteiger partial charge in [-0.05, 0) is 24.5 Å². The predicted molar refractivity (Wildman–Crippen MR) is 83.4 cm³/mol. The van der Waals surface area contributed by atoms with Crippen molar-refractivity contribution in [2.24, 2.45) is 0 Å². The van der Waals surface area contributed by atoms with Crippen LogP contribution >= 0.6 is 0 Å². The normalized spacial score (nSPS) is 18.5. The third-order valence-electron chi connectivity index (χ3n) is 4.07. The molecule has 2 heterocycles. The van der Waals surface area contributed by atoms with E-state index < -0.39 is 0 Å². The van der Waals surface area contributed by atoms with Crippen LogP contribution in [-0.4, -0.2) is 16.3 Å². The minimum absolute atomic E-state index is 0.0856. The van der Waals surface area contributed by atoms with Crippen molar-refractivity contribution in [3.63, 3.8) is 0 Å². The topological polar surface area (TPSA) is 29.9 Å². The van der Waals surface area contributed by atoms with E-state index in [9.17, 15) is 0 Å². The van der Waals surface area contributed by atoms with Crippen LogP contribution in [0.15, 0.2) is 30.3 Å². The van der Waals surface area contributed by atoms with Crippen molar-refractivity contribution < 1.29 is 0 Å². The summed E-state index contributed by atoms with van der Waals surface area (Å²) in [6.45, 7) is 9.83. The lowest BCUT2D eigenvalue weighted by molar-refractivity contribution is 0.461. The highest BCUT2D eigenvalue weighted by Gasteiger charge is 2.27. The molecule has 0 spiro atoms. The summed E-state index contributed by atoms with van der Waals surface area (Å²) in [4.78, 5) is 0. The predicted octanol–water partition coefficient (Wildman–Crippen LogP) is 3.89. The maximum Gasteiger partial charge on any atom is 0.125 e. The van der Waals surface area contributed by atoms with E-state index in [-0.39, 0.29) is 5.41 Å². The fourth-order valence-electron chi connectivity index (χ4n) is 2.84. The van der Waals surface area contributed by atoms with Crippen molar-refractivity contribution >= 4 is 5.82 Å². The van der Waals surface area contributed by atoms with Gasteiger partial charge in [-0.25, -0.2) is 4.68 Å². The van der Waals surface area contributed by atoms with Gasteiger partial charge in [-0.1, -0.05) is 45.0 Å². The molecule has 3 heteroatoms. The Morgan fingerprint density at radius 3 is 2.70 bits per heavy atom. The lowest BCUT2D eigenvalue weighted by Gasteiger charge is -2.27. The molecule has 0 saturated carbocycles. The van der Waals surface area contributed by atoms with Gasteiger partial charge in [-0.2, -0.15) is 5.10 Å². The molecule has 1 aliphatic heterocycles. The van der Waals surface area contributed by atoms with Crippen LogP contribution in [0, 0.1) is 6.92 Å². The van der Waals surface area contributed by atoms with E-state index in [0.717, 1.165) is 24.5 Å². The van der Waals surface area contributed by atoms with E-state index in [1.807, 2.05) is 0 Å². The third kappa shape index (κ3) is 2.21. The molecule has 1 aliphatic rings. The molecule has 1 aromatic carbocycles. The van der Waals surface area contributed by atoms with Crippen molar-refractivity contribution in [3.05, 3.63) is 47.2 Å². The molecular formula is C17H23N3. The first-order valence-corrected chi connectivity index (χ1v) is 7.36. The molecule has 106 valence electrons. The minimum Gasteiger partial charge on any atom is -0.370 e. The summed E-state index contributed by atoms with van der Waals surface area (Å²) in [5.74, 6) is 1.15. The molecule has 0 saturated heterocycles. The summed E-state index contributed by atoms with van der Waals surface area (Å²) in [6, 6.07) is 11.2. The molecule has 1 N–H and O–H groups in total. The molecule has 1 atom stereocenters. The van der Waals surface area contributed by atoms with Crippen molar-refractivity contribution in [2.75, 3.05) is 11.9 Å².